The second kappa shape index (κ2) is 10.6. The second-order valence-corrected chi connectivity index (χ2v) is 12.6. The molecule has 3 aromatic rings. The minimum absolute atomic E-state index is 0.0164. The first kappa shape index (κ1) is 28.3. The van der Waals surface area contributed by atoms with Crippen molar-refractivity contribution in [2.24, 2.45) is 5.92 Å². The number of rotatable bonds is 7. The molecule has 1 aliphatic heterocycles. The van der Waals surface area contributed by atoms with E-state index >= 15 is 0 Å². The lowest BCUT2D eigenvalue weighted by Crippen LogP contribution is -2.45. The van der Waals surface area contributed by atoms with Crippen molar-refractivity contribution in [3.05, 3.63) is 92.2 Å². The maximum Gasteiger partial charge on any atom is 0.313 e. The van der Waals surface area contributed by atoms with Crippen LogP contribution >= 0.6 is 27.5 Å². The number of anilines is 1. The van der Waals surface area contributed by atoms with Gasteiger partial charge in [0.15, 0.2) is 5.78 Å². The van der Waals surface area contributed by atoms with Crippen LogP contribution in [0.25, 0.3) is 0 Å². The van der Waals surface area contributed by atoms with E-state index in [1.807, 2.05) is 26.8 Å². The number of Topliss-reactive ketones (excluding diaryl/α,β-unsaturated/α-hetero) is 1. The molecule has 40 heavy (non-hydrogen) atoms. The SMILES string of the molecule is CC(C)(C)c1ccc(N2C(=O)c3cc(F)ccc3C(C(=O)O)C2c2ccc(OCC(=O)C3CC3)c(Br)c2)cc1Cl. The molecular formula is C31H28BrClFNO5. The lowest BCUT2D eigenvalue weighted by atomic mass is 9.79. The molecule has 0 saturated heterocycles. The van der Waals surface area contributed by atoms with E-state index in [9.17, 15) is 23.9 Å². The molecular weight excluding hydrogens is 601 g/mol. The molecule has 2 atom stereocenters. The Morgan fingerprint density at radius 1 is 1.10 bits per heavy atom. The highest BCUT2D eigenvalue weighted by Gasteiger charge is 2.45. The molecule has 2 unspecified atom stereocenters. The van der Waals surface area contributed by atoms with E-state index in [2.05, 4.69) is 15.9 Å². The van der Waals surface area contributed by atoms with Crippen molar-refractivity contribution in [2.45, 2.75) is 51.0 Å². The summed E-state index contributed by atoms with van der Waals surface area (Å²) in [5, 5.41) is 10.9. The molecule has 1 saturated carbocycles. The topological polar surface area (TPSA) is 83.9 Å². The second-order valence-electron chi connectivity index (χ2n) is 11.3. The van der Waals surface area contributed by atoms with Gasteiger partial charge < -0.3 is 9.84 Å². The van der Waals surface area contributed by atoms with E-state index in [1.165, 1.54) is 11.0 Å². The zero-order valence-electron chi connectivity index (χ0n) is 22.2. The van der Waals surface area contributed by atoms with Gasteiger partial charge in [-0.15, -0.1) is 0 Å². The Labute approximate surface area is 245 Å². The number of benzene rings is 3. The van der Waals surface area contributed by atoms with Crippen LogP contribution < -0.4 is 9.64 Å². The lowest BCUT2D eigenvalue weighted by Gasteiger charge is -2.41. The van der Waals surface area contributed by atoms with Crippen molar-refractivity contribution < 1.29 is 28.6 Å². The molecule has 9 heteroatoms. The number of carboxylic acid groups (broad SMARTS) is 1. The van der Waals surface area contributed by atoms with Crippen molar-refractivity contribution in [3.8, 4) is 5.75 Å². The van der Waals surface area contributed by atoms with E-state index in [-0.39, 0.29) is 34.8 Å². The highest BCUT2D eigenvalue weighted by molar-refractivity contribution is 9.10. The number of halogens is 3. The minimum Gasteiger partial charge on any atom is -0.485 e. The van der Waals surface area contributed by atoms with Gasteiger partial charge in [0.1, 0.15) is 24.1 Å². The molecule has 0 radical (unpaired) electrons. The van der Waals surface area contributed by atoms with Crippen LogP contribution in [-0.4, -0.2) is 29.4 Å². The molecule has 1 amide bonds. The van der Waals surface area contributed by atoms with E-state index in [0.29, 0.717) is 26.5 Å². The summed E-state index contributed by atoms with van der Waals surface area (Å²) >= 11 is 10.2. The molecule has 6 nitrogen and oxygen atoms in total. The molecule has 1 N–H and O–H groups in total. The van der Waals surface area contributed by atoms with Gasteiger partial charge >= 0.3 is 5.97 Å². The quantitative estimate of drug-likeness (QED) is 0.294. The third-order valence-corrected chi connectivity index (χ3v) is 8.33. The number of carbonyl (C=O) groups excluding carboxylic acids is 2. The fraction of sp³-hybridized carbons (Fsp3) is 0.323. The van der Waals surface area contributed by atoms with Gasteiger partial charge in [-0.2, -0.15) is 0 Å². The first-order valence-electron chi connectivity index (χ1n) is 13.0. The van der Waals surface area contributed by atoms with Crippen LogP contribution in [0.3, 0.4) is 0 Å². The van der Waals surface area contributed by atoms with Crippen LogP contribution in [0.15, 0.2) is 59.1 Å². The first-order valence-corrected chi connectivity index (χ1v) is 14.1. The molecule has 1 fully saturated rings. The third kappa shape index (κ3) is 5.39. The van der Waals surface area contributed by atoms with Gasteiger partial charge in [-0.1, -0.05) is 50.6 Å². The van der Waals surface area contributed by atoms with Crippen molar-refractivity contribution >= 4 is 50.9 Å². The summed E-state index contributed by atoms with van der Waals surface area (Å²) in [7, 11) is 0. The monoisotopic (exact) mass is 627 g/mol. The van der Waals surface area contributed by atoms with Gasteiger partial charge in [0, 0.05) is 22.2 Å². The molecule has 1 heterocycles. The molecule has 0 spiro atoms. The summed E-state index contributed by atoms with van der Waals surface area (Å²) < 4.78 is 20.5. The number of hydrogen-bond donors (Lipinski definition) is 1. The van der Waals surface area contributed by atoms with E-state index in [4.69, 9.17) is 16.3 Å². The van der Waals surface area contributed by atoms with Crippen LogP contribution in [-0.2, 0) is 15.0 Å². The third-order valence-electron chi connectivity index (χ3n) is 7.40. The Kier molecular flexibility index (Phi) is 7.52. The average molecular weight is 629 g/mol. The zero-order chi connectivity index (χ0) is 28.9. The van der Waals surface area contributed by atoms with Crippen LogP contribution in [0.1, 0.15) is 72.6 Å². The minimum atomic E-state index is -1.20. The Morgan fingerprint density at radius 2 is 1.82 bits per heavy atom. The Hall–Kier alpha value is -3.23. The van der Waals surface area contributed by atoms with Gasteiger partial charge in [0.05, 0.1) is 10.5 Å². The number of aliphatic carboxylic acids is 1. The Balaban J connectivity index is 1.62. The highest BCUT2D eigenvalue weighted by Crippen LogP contribution is 2.47. The van der Waals surface area contributed by atoms with Crippen LogP contribution in [0, 0.1) is 11.7 Å². The van der Waals surface area contributed by atoms with Crippen LogP contribution in [0.5, 0.6) is 5.75 Å². The summed E-state index contributed by atoms with van der Waals surface area (Å²) in [5.74, 6) is -3.01. The first-order chi connectivity index (χ1) is 18.9. The predicted molar refractivity (Wildman–Crippen MR) is 154 cm³/mol. The lowest BCUT2D eigenvalue weighted by molar-refractivity contribution is -0.139. The number of ether oxygens (including phenoxy) is 1. The van der Waals surface area contributed by atoms with Gasteiger partial charge in [-0.3, -0.25) is 19.3 Å². The maximum absolute atomic E-state index is 14.3. The Bertz CT molecular complexity index is 1530. The van der Waals surface area contributed by atoms with Crippen molar-refractivity contribution in [1.29, 1.82) is 0 Å². The van der Waals surface area contributed by atoms with Crippen molar-refractivity contribution in [3.63, 3.8) is 0 Å². The zero-order valence-corrected chi connectivity index (χ0v) is 24.6. The Morgan fingerprint density at radius 3 is 2.42 bits per heavy atom. The van der Waals surface area contributed by atoms with Gasteiger partial charge in [-0.25, -0.2) is 4.39 Å². The standard InChI is InChI=1S/C31H28BrClFNO5/c1-31(2,3)22-10-8-19(14-24(22)33)35-28(27(30(38)39)20-9-7-18(34)13-21(20)29(35)37)17-6-11-26(23(32)12-17)40-15-25(36)16-4-5-16/h6-14,16,27-28H,4-5,15H2,1-3H3,(H,38,39). The number of ketones is 1. The number of carbonyl (C=O) groups is 3. The molecule has 2 aliphatic rings. The number of fused-ring (bicyclic) bond motifs is 1. The summed E-state index contributed by atoms with van der Waals surface area (Å²) in [6, 6.07) is 12.8. The molecule has 3 aromatic carbocycles. The summed E-state index contributed by atoms with van der Waals surface area (Å²) in [4.78, 5) is 40.2. The summed E-state index contributed by atoms with van der Waals surface area (Å²) in [5.41, 5.74) is 1.72. The number of nitrogens with zero attached hydrogens (tertiary/aromatic N) is 1. The smallest absolute Gasteiger partial charge is 0.313 e. The average Bonchev–Trinajstić information content (AvgIpc) is 3.72. The van der Waals surface area contributed by atoms with Crippen LogP contribution in [0.4, 0.5) is 10.1 Å². The van der Waals surface area contributed by atoms with Gasteiger partial charge in [0.25, 0.3) is 5.91 Å². The van der Waals surface area contributed by atoms with E-state index < -0.39 is 29.7 Å². The van der Waals surface area contributed by atoms with E-state index in [0.717, 1.165) is 30.5 Å². The fourth-order valence-corrected chi connectivity index (χ4v) is 6.17. The van der Waals surface area contributed by atoms with Crippen molar-refractivity contribution in [2.75, 3.05) is 11.5 Å². The molecule has 1 aliphatic carbocycles. The van der Waals surface area contributed by atoms with Crippen LogP contribution in [0.2, 0.25) is 5.02 Å². The number of hydrogen-bond acceptors (Lipinski definition) is 4. The van der Waals surface area contributed by atoms with Gasteiger partial charge in [0.2, 0.25) is 0 Å². The molecule has 5 rings (SSSR count). The normalized spacial score (nSPS) is 18.9. The predicted octanol–water partition coefficient (Wildman–Crippen LogP) is 7.47. The summed E-state index contributed by atoms with van der Waals surface area (Å²) in [6.07, 6.45) is 1.77. The highest BCUT2D eigenvalue weighted by atomic mass is 79.9. The molecule has 0 aromatic heterocycles. The fourth-order valence-electron chi connectivity index (χ4n) is 5.20. The molecule has 0 bridgehead atoms. The number of amides is 1. The molecule has 208 valence electrons. The summed E-state index contributed by atoms with van der Waals surface area (Å²) in [6.45, 7) is 6.00. The van der Waals surface area contributed by atoms with Gasteiger partial charge in [-0.05, 0) is 87.3 Å². The maximum atomic E-state index is 14.3. The number of carboxylic acids is 1. The van der Waals surface area contributed by atoms with Crippen molar-refractivity contribution in [1.82, 2.24) is 0 Å². The largest absolute Gasteiger partial charge is 0.485 e. The van der Waals surface area contributed by atoms with E-state index in [1.54, 1.807) is 30.3 Å².